The monoisotopic (exact) mass is 407 g/mol. The fraction of sp³-hybridized carbons (Fsp3) is 0.529. The molecule has 10 heteroatoms. The summed E-state index contributed by atoms with van der Waals surface area (Å²) >= 11 is 7.53. The Labute approximate surface area is 167 Å². The van der Waals surface area contributed by atoms with Gasteiger partial charge in [-0.05, 0) is 25.8 Å². The van der Waals surface area contributed by atoms with E-state index in [1.807, 2.05) is 0 Å². The molecule has 2 atom stereocenters. The summed E-state index contributed by atoms with van der Waals surface area (Å²) in [5.74, 6) is 0.931. The van der Waals surface area contributed by atoms with Crippen LogP contribution in [0.2, 0.25) is 5.02 Å². The highest BCUT2D eigenvalue weighted by atomic mass is 35.5. The minimum Gasteiger partial charge on any atom is -0.382 e. The van der Waals surface area contributed by atoms with E-state index in [1.54, 1.807) is 18.5 Å². The van der Waals surface area contributed by atoms with Crippen molar-refractivity contribution in [2.24, 2.45) is 11.1 Å². The van der Waals surface area contributed by atoms with Gasteiger partial charge in [-0.3, -0.25) is 0 Å². The molecule has 2 saturated heterocycles. The van der Waals surface area contributed by atoms with Crippen LogP contribution in [0.25, 0.3) is 0 Å². The highest BCUT2D eigenvalue weighted by Crippen LogP contribution is 2.41. The van der Waals surface area contributed by atoms with Gasteiger partial charge in [0.25, 0.3) is 0 Å². The molecule has 1 spiro atoms. The van der Waals surface area contributed by atoms with Crippen LogP contribution in [-0.2, 0) is 4.74 Å². The van der Waals surface area contributed by atoms with Crippen LogP contribution in [0.1, 0.15) is 19.8 Å². The molecule has 2 fully saturated rings. The fourth-order valence-corrected chi connectivity index (χ4v) is 4.67. The lowest BCUT2D eigenvalue weighted by Gasteiger charge is -2.41. The number of halogens is 1. The van der Waals surface area contributed by atoms with Crippen LogP contribution in [0, 0.1) is 5.41 Å². The maximum absolute atomic E-state index is 6.37. The van der Waals surface area contributed by atoms with Crippen molar-refractivity contribution in [1.82, 2.24) is 20.2 Å². The number of piperidine rings is 1. The van der Waals surface area contributed by atoms with Crippen molar-refractivity contribution in [1.29, 1.82) is 0 Å². The average molecular weight is 408 g/mol. The molecule has 2 aromatic heterocycles. The molecule has 0 amide bonds. The van der Waals surface area contributed by atoms with Crippen molar-refractivity contribution in [3.63, 3.8) is 0 Å². The van der Waals surface area contributed by atoms with Gasteiger partial charge in [0.1, 0.15) is 10.8 Å². The summed E-state index contributed by atoms with van der Waals surface area (Å²) in [5, 5.41) is 9.64. The number of anilines is 2. The molecular formula is C17H22ClN7OS. The lowest BCUT2D eigenvalue weighted by molar-refractivity contribution is 0.0973. The zero-order chi connectivity index (χ0) is 19.0. The third kappa shape index (κ3) is 3.56. The highest BCUT2D eigenvalue weighted by Gasteiger charge is 2.47. The third-order valence-electron chi connectivity index (χ3n) is 5.51. The van der Waals surface area contributed by atoms with Gasteiger partial charge in [-0.1, -0.05) is 23.4 Å². The SMILES string of the molecule is C[C@@H]1OCC2(CCN(c3ncc(Sc4ccnc(N)c4Cl)nn3)CC2)[C@@H]1N. The molecule has 8 nitrogen and oxygen atoms in total. The zero-order valence-electron chi connectivity index (χ0n) is 15.0. The van der Waals surface area contributed by atoms with Gasteiger partial charge >= 0.3 is 0 Å². The first-order valence-electron chi connectivity index (χ1n) is 8.88. The summed E-state index contributed by atoms with van der Waals surface area (Å²) in [5.41, 5.74) is 12.2. The van der Waals surface area contributed by atoms with Gasteiger partial charge in [0.2, 0.25) is 5.95 Å². The number of nitrogens with zero attached hydrogens (tertiary/aromatic N) is 5. The van der Waals surface area contributed by atoms with Crippen molar-refractivity contribution in [3.8, 4) is 0 Å². The van der Waals surface area contributed by atoms with Gasteiger partial charge in [0.05, 0.1) is 23.9 Å². The normalized spacial score (nSPS) is 24.5. The Morgan fingerprint density at radius 1 is 1.30 bits per heavy atom. The molecule has 2 aliphatic rings. The van der Waals surface area contributed by atoms with Gasteiger partial charge < -0.3 is 21.1 Å². The molecule has 2 aromatic rings. The molecule has 4 rings (SSSR count). The molecule has 0 radical (unpaired) electrons. The fourth-order valence-electron chi connectivity index (χ4n) is 3.71. The van der Waals surface area contributed by atoms with E-state index < -0.39 is 0 Å². The molecule has 4 heterocycles. The molecule has 0 aliphatic carbocycles. The van der Waals surface area contributed by atoms with Crippen molar-refractivity contribution in [3.05, 3.63) is 23.5 Å². The predicted molar refractivity (Wildman–Crippen MR) is 105 cm³/mol. The number of hydrogen-bond donors (Lipinski definition) is 2. The van der Waals surface area contributed by atoms with Crippen molar-refractivity contribution in [2.45, 2.75) is 41.8 Å². The Hall–Kier alpha value is -1.68. The summed E-state index contributed by atoms with van der Waals surface area (Å²) in [4.78, 5) is 11.4. The van der Waals surface area contributed by atoms with E-state index in [0.29, 0.717) is 21.8 Å². The number of aromatic nitrogens is 4. The Bertz CT molecular complexity index is 813. The van der Waals surface area contributed by atoms with Gasteiger partial charge in [-0.15, -0.1) is 10.2 Å². The average Bonchev–Trinajstić information content (AvgIpc) is 2.95. The Morgan fingerprint density at radius 2 is 2.07 bits per heavy atom. The largest absolute Gasteiger partial charge is 0.382 e. The Kier molecular flexibility index (Phi) is 5.11. The Morgan fingerprint density at radius 3 is 2.70 bits per heavy atom. The first-order chi connectivity index (χ1) is 13.0. The molecule has 2 aliphatic heterocycles. The summed E-state index contributed by atoms with van der Waals surface area (Å²) in [7, 11) is 0. The summed E-state index contributed by atoms with van der Waals surface area (Å²) in [6.45, 7) is 4.50. The maximum Gasteiger partial charge on any atom is 0.245 e. The quantitative estimate of drug-likeness (QED) is 0.787. The van der Waals surface area contributed by atoms with Crippen LogP contribution < -0.4 is 16.4 Å². The van der Waals surface area contributed by atoms with E-state index in [9.17, 15) is 0 Å². The lowest BCUT2D eigenvalue weighted by atomic mass is 9.73. The standard InChI is InChI=1S/C17H22ClN7OS/c1-10-14(19)17(9-26-10)3-6-25(7-4-17)16-22-8-12(23-24-16)27-11-2-5-21-15(20)13(11)18/h2,5,8,10,14H,3-4,6-7,9,19H2,1H3,(H2,20,21)/t10-,14+/m0/s1. The highest BCUT2D eigenvalue weighted by molar-refractivity contribution is 7.99. The molecule has 4 N–H and O–H groups in total. The second-order valence-corrected chi connectivity index (χ2v) is 8.54. The summed E-state index contributed by atoms with van der Waals surface area (Å²) < 4.78 is 5.78. The molecule has 0 aromatic carbocycles. The second-order valence-electron chi connectivity index (χ2n) is 7.10. The van der Waals surface area contributed by atoms with E-state index in [1.165, 1.54) is 11.8 Å². The summed E-state index contributed by atoms with van der Waals surface area (Å²) in [6, 6.07) is 1.88. The Balaban J connectivity index is 1.41. The molecular weight excluding hydrogens is 386 g/mol. The van der Waals surface area contributed by atoms with Gasteiger partial charge in [-0.2, -0.15) is 0 Å². The van der Waals surface area contributed by atoms with E-state index in [4.69, 9.17) is 27.8 Å². The molecule has 0 saturated carbocycles. The van der Waals surface area contributed by atoms with E-state index in [-0.39, 0.29) is 17.6 Å². The maximum atomic E-state index is 6.37. The second kappa shape index (κ2) is 7.38. The first-order valence-corrected chi connectivity index (χ1v) is 10.1. The molecule has 27 heavy (non-hydrogen) atoms. The number of hydrogen-bond acceptors (Lipinski definition) is 9. The van der Waals surface area contributed by atoms with Crippen LogP contribution in [0.3, 0.4) is 0 Å². The zero-order valence-corrected chi connectivity index (χ0v) is 16.6. The van der Waals surface area contributed by atoms with E-state index in [0.717, 1.165) is 37.4 Å². The topological polar surface area (TPSA) is 116 Å². The van der Waals surface area contributed by atoms with Gasteiger partial charge in [0, 0.05) is 35.6 Å². The summed E-state index contributed by atoms with van der Waals surface area (Å²) in [6.07, 6.45) is 5.39. The van der Waals surface area contributed by atoms with E-state index >= 15 is 0 Å². The van der Waals surface area contributed by atoms with Crippen molar-refractivity contribution >= 4 is 35.1 Å². The predicted octanol–water partition coefficient (Wildman–Crippen LogP) is 1.99. The lowest BCUT2D eigenvalue weighted by Crippen LogP contribution is -2.51. The number of rotatable bonds is 3. The number of ether oxygens (including phenoxy) is 1. The van der Waals surface area contributed by atoms with Crippen LogP contribution in [0.4, 0.5) is 11.8 Å². The molecule has 0 unspecified atom stereocenters. The van der Waals surface area contributed by atoms with Crippen molar-refractivity contribution < 1.29 is 4.74 Å². The number of nitrogen functional groups attached to an aromatic ring is 1. The van der Waals surface area contributed by atoms with E-state index in [2.05, 4.69) is 32.0 Å². The number of pyridine rings is 1. The van der Waals surface area contributed by atoms with Crippen LogP contribution in [0.15, 0.2) is 28.4 Å². The van der Waals surface area contributed by atoms with Crippen LogP contribution >= 0.6 is 23.4 Å². The molecule has 144 valence electrons. The smallest absolute Gasteiger partial charge is 0.245 e. The first kappa shape index (κ1) is 18.7. The van der Waals surface area contributed by atoms with Crippen LogP contribution in [-0.4, -0.2) is 52.0 Å². The van der Waals surface area contributed by atoms with Crippen LogP contribution in [0.5, 0.6) is 0 Å². The third-order valence-corrected chi connectivity index (χ3v) is 6.98. The molecule has 0 bridgehead atoms. The van der Waals surface area contributed by atoms with Gasteiger partial charge in [-0.25, -0.2) is 9.97 Å². The van der Waals surface area contributed by atoms with Crippen molar-refractivity contribution in [2.75, 3.05) is 30.3 Å². The van der Waals surface area contributed by atoms with Gasteiger partial charge in [0.15, 0.2) is 0 Å². The minimum atomic E-state index is 0.0805. The minimum absolute atomic E-state index is 0.0805. The number of nitrogens with two attached hydrogens (primary N) is 2.